The van der Waals surface area contributed by atoms with Gasteiger partial charge in [0.1, 0.15) is 0 Å². The molecule has 6 heteroatoms. The van der Waals surface area contributed by atoms with Gasteiger partial charge in [-0.15, -0.1) is 11.8 Å². The largest absolute Gasteiger partial charge is 0.353 e. The summed E-state index contributed by atoms with van der Waals surface area (Å²) in [5.41, 5.74) is 0.639. The van der Waals surface area contributed by atoms with Crippen molar-refractivity contribution in [3.05, 3.63) is 29.8 Å². The van der Waals surface area contributed by atoms with Crippen LogP contribution in [-0.2, 0) is 4.79 Å². The molecule has 2 rings (SSSR count). The van der Waals surface area contributed by atoms with Gasteiger partial charge >= 0.3 is 0 Å². The Morgan fingerprint density at radius 2 is 2.13 bits per heavy atom. The highest BCUT2D eigenvalue weighted by Gasteiger charge is 2.18. The molecule has 0 saturated carbocycles. The number of amides is 2. The lowest BCUT2D eigenvalue weighted by atomic mass is 10.1. The lowest BCUT2D eigenvalue weighted by molar-refractivity contribution is -0.119. The molecule has 1 atom stereocenters. The number of hydrogen-bond acceptors (Lipinski definition) is 4. The van der Waals surface area contributed by atoms with Crippen molar-refractivity contribution in [2.24, 2.45) is 0 Å². The zero-order valence-electron chi connectivity index (χ0n) is 13.7. The molecule has 2 amide bonds. The van der Waals surface area contributed by atoms with Crippen molar-refractivity contribution in [1.29, 1.82) is 0 Å². The Kier molecular flexibility index (Phi) is 6.92. The smallest absolute Gasteiger partial charge is 0.252 e. The fourth-order valence-corrected chi connectivity index (χ4v) is 3.39. The highest BCUT2D eigenvalue weighted by Crippen LogP contribution is 2.22. The van der Waals surface area contributed by atoms with Gasteiger partial charge < -0.3 is 16.0 Å². The van der Waals surface area contributed by atoms with Crippen LogP contribution in [0.5, 0.6) is 0 Å². The topological polar surface area (TPSA) is 70.2 Å². The van der Waals surface area contributed by atoms with Crippen LogP contribution in [0.15, 0.2) is 29.2 Å². The molecule has 0 aliphatic carbocycles. The summed E-state index contributed by atoms with van der Waals surface area (Å²) in [6.07, 6.45) is 2.08. The summed E-state index contributed by atoms with van der Waals surface area (Å²) in [6, 6.07) is 7.75. The summed E-state index contributed by atoms with van der Waals surface area (Å²) >= 11 is 1.40. The molecule has 23 heavy (non-hydrogen) atoms. The predicted octanol–water partition coefficient (Wildman–Crippen LogP) is 1.79. The number of piperidine rings is 1. The third-order valence-electron chi connectivity index (χ3n) is 3.57. The van der Waals surface area contributed by atoms with E-state index in [4.69, 9.17) is 0 Å². The van der Waals surface area contributed by atoms with Crippen LogP contribution in [0.3, 0.4) is 0 Å². The van der Waals surface area contributed by atoms with Crippen LogP contribution in [0.1, 0.15) is 37.0 Å². The van der Waals surface area contributed by atoms with Gasteiger partial charge in [0, 0.05) is 23.5 Å². The maximum Gasteiger partial charge on any atom is 0.252 e. The molecule has 1 heterocycles. The van der Waals surface area contributed by atoms with Crippen molar-refractivity contribution in [2.75, 3.05) is 18.8 Å². The molecule has 0 spiro atoms. The van der Waals surface area contributed by atoms with E-state index in [0.29, 0.717) is 11.3 Å². The fraction of sp³-hybridized carbons (Fsp3) is 0.529. The van der Waals surface area contributed by atoms with Crippen LogP contribution >= 0.6 is 11.8 Å². The normalized spacial score (nSPS) is 17.8. The Balaban J connectivity index is 1.96. The molecule has 3 N–H and O–H groups in total. The zero-order chi connectivity index (χ0) is 16.7. The molecule has 1 fully saturated rings. The van der Waals surface area contributed by atoms with E-state index < -0.39 is 0 Å². The highest BCUT2D eigenvalue weighted by atomic mass is 32.2. The minimum atomic E-state index is -0.0638. The number of carbonyl (C=O) groups excluding carboxylic acids is 2. The molecule has 1 aliphatic heterocycles. The second-order valence-electron chi connectivity index (χ2n) is 6.02. The molecular weight excluding hydrogens is 310 g/mol. The first-order valence-electron chi connectivity index (χ1n) is 8.09. The summed E-state index contributed by atoms with van der Waals surface area (Å²) in [7, 11) is 0. The number of rotatable bonds is 6. The molecule has 1 aromatic rings. The molecule has 1 aromatic carbocycles. The number of nitrogens with one attached hydrogen (secondary N) is 3. The van der Waals surface area contributed by atoms with E-state index in [-0.39, 0.29) is 23.9 Å². The molecule has 126 valence electrons. The average molecular weight is 335 g/mol. The maximum absolute atomic E-state index is 12.5. The third-order valence-corrected chi connectivity index (χ3v) is 4.65. The molecule has 5 nitrogen and oxygen atoms in total. The van der Waals surface area contributed by atoms with Gasteiger partial charge in [0.15, 0.2) is 0 Å². The van der Waals surface area contributed by atoms with Gasteiger partial charge in [-0.2, -0.15) is 0 Å². The Labute approximate surface area is 142 Å². The first-order chi connectivity index (χ1) is 11.1. The van der Waals surface area contributed by atoms with Crippen molar-refractivity contribution in [3.63, 3.8) is 0 Å². The molecule has 1 aliphatic rings. The first-order valence-corrected chi connectivity index (χ1v) is 9.07. The van der Waals surface area contributed by atoms with E-state index in [2.05, 4.69) is 16.0 Å². The van der Waals surface area contributed by atoms with Crippen LogP contribution < -0.4 is 16.0 Å². The van der Waals surface area contributed by atoms with Gasteiger partial charge in [0.25, 0.3) is 5.91 Å². The van der Waals surface area contributed by atoms with Crippen molar-refractivity contribution in [1.82, 2.24) is 16.0 Å². The average Bonchev–Trinajstić information content (AvgIpc) is 2.53. The SMILES string of the molecule is CC(C)NC(=O)CSc1ccccc1C(=O)N[C@H]1CCCNC1. The van der Waals surface area contributed by atoms with Gasteiger partial charge in [-0.05, 0) is 45.4 Å². The number of hydrogen-bond donors (Lipinski definition) is 3. The van der Waals surface area contributed by atoms with Gasteiger partial charge in [0.2, 0.25) is 5.91 Å². The monoisotopic (exact) mass is 335 g/mol. The number of carbonyl (C=O) groups is 2. The second kappa shape index (κ2) is 8.93. The van der Waals surface area contributed by atoms with Crippen LogP contribution in [0, 0.1) is 0 Å². The zero-order valence-corrected chi connectivity index (χ0v) is 14.5. The third kappa shape index (κ3) is 5.88. The Morgan fingerprint density at radius 1 is 1.35 bits per heavy atom. The molecule has 0 aromatic heterocycles. The molecular formula is C17H25N3O2S. The fourth-order valence-electron chi connectivity index (χ4n) is 2.53. The van der Waals surface area contributed by atoms with E-state index in [1.165, 1.54) is 11.8 Å². The van der Waals surface area contributed by atoms with Gasteiger partial charge in [-0.25, -0.2) is 0 Å². The van der Waals surface area contributed by atoms with E-state index >= 15 is 0 Å². The lowest BCUT2D eigenvalue weighted by Gasteiger charge is -2.24. The summed E-state index contributed by atoms with van der Waals surface area (Å²) < 4.78 is 0. The summed E-state index contributed by atoms with van der Waals surface area (Å²) in [6.45, 7) is 5.70. The van der Waals surface area contributed by atoms with E-state index in [0.717, 1.165) is 30.8 Å². The second-order valence-corrected chi connectivity index (χ2v) is 7.04. The molecule has 0 unspecified atom stereocenters. The van der Waals surface area contributed by atoms with Crippen molar-refractivity contribution >= 4 is 23.6 Å². The number of benzene rings is 1. The summed E-state index contributed by atoms with van der Waals surface area (Å²) in [5.74, 6) is 0.232. The minimum Gasteiger partial charge on any atom is -0.353 e. The highest BCUT2D eigenvalue weighted by molar-refractivity contribution is 8.00. The van der Waals surface area contributed by atoms with Gasteiger partial charge in [-0.1, -0.05) is 12.1 Å². The summed E-state index contributed by atoms with van der Waals surface area (Å²) in [4.78, 5) is 25.1. The number of thioether (sulfide) groups is 1. The minimum absolute atomic E-state index is 0.0170. The van der Waals surface area contributed by atoms with Crippen LogP contribution in [0.4, 0.5) is 0 Å². The molecule has 1 saturated heterocycles. The Morgan fingerprint density at radius 3 is 2.83 bits per heavy atom. The Bertz CT molecular complexity index is 542. The molecule has 0 bridgehead atoms. The predicted molar refractivity (Wildman–Crippen MR) is 93.8 cm³/mol. The van der Waals surface area contributed by atoms with Crippen LogP contribution in [0.2, 0.25) is 0 Å². The van der Waals surface area contributed by atoms with E-state index in [1.807, 2.05) is 38.1 Å². The van der Waals surface area contributed by atoms with Crippen LogP contribution in [-0.4, -0.2) is 42.7 Å². The van der Waals surface area contributed by atoms with Gasteiger partial charge in [0.05, 0.1) is 11.3 Å². The van der Waals surface area contributed by atoms with Crippen molar-refractivity contribution in [2.45, 2.75) is 43.7 Å². The van der Waals surface area contributed by atoms with Crippen LogP contribution in [0.25, 0.3) is 0 Å². The lowest BCUT2D eigenvalue weighted by Crippen LogP contribution is -2.45. The quantitative estimate of drug-likeness (QED) is 0.693. The van der Waals surface area contributed by atoms with Crippen molar-refractivity contribution in [3.8, 4) is 0 Å². The van der Waals surface area contributed by atoms with E-state index in [1.54, 1.807) is 0 Å². The van der Waals surface area contributed by atoms with Gasteiger partial charge in [-0.3, -0.25) is 9.59 Å². The van der Waals surface area contributed by atoms with E-state index in [9.17, 15) is 9.59 Å². The maximum atomic E-state index is 12.5. The van der Waals surface area contributed by atoms with Crippen molar-refractivity contribution < 1.29 is 9.59 Å². The Hall–Kier alpha value is -1.53. The summed E-state index contributed by atoms with van der Waals surface area (Å²) in [5, 5.41) is 9.23. The molecule has 0 radical (unpaired) electrons. The standard InChI is InChI=1S/C17H25N3O2S/c1-12(2)19-16(21)11-23-15-8-4-3-7-14(15)17(22)20-13-6-5-9-18-10-13/h3-4,7-8,12-13,18H,5-6,9-11H2,1-2H3,(H,19,21)(H,20,22)/t13-/m0/s1. The first kappa shape index (κ1) is 17.8.